The molecule has 1 unspecified atom stereocenters. The Morgan fingerprint density at radius 2 is 2.08 bits per heavy atom. The van der Waals surface area contributed by atoms with Crippen LogP contribution in [0.2, 0.25) is 0 Å². The fourth-order valence-electron chi connectivity index (χ4n) is 3.39. The zero-order valence-electron chi connectivity index (χ0n) is 14.6. The molecule has 4 rings (SSSR count). The van der Waals surface area contributed by atoms with Crippen LogP contribution in [0.1, 0.15) is 24.3 Å². The highest BCUT2D eigenvalue weighted by Crippen LogP contribution is 2.39. The average Bonchev–Trinajstić information content (AvgIpc) is 3.05. The van der Waals surface area contributed by atoms with E-state index in [1.807, 2.05) is 19.1 Å². The normalized spacial score (nSPS) is 19.5. The van der Waals surface area contributed by atoms with Crippen molar-refractivity contribution in [3.8, 4) is 5.75 Å². The Labute approximate surface area is 157 Å². The van der Waals surface area contributed by atoms with Gasteiger partial charge < -0.3 is 9.64 Å². The highest BCUT2D eigenvalue weighted by atomic mass is 32.2. The Morgan fingerprint density at radius 1 is 1.31 bits per heavy atom. The average molecular weight is 393 g/mol. The molecule has 1 amide bonds. The molecule has 3 heterocycles. The van der Waals surface area contributed by atoms with Gasteiger partial charge in [0.1, 0.15) is 16.1 Å². The molecule has 2 aromatic rings. The van der Waals surface area contributed by atoms with E-state index in [1.165, 1.54) is 15.6 Å². The predicted octanol–water partition coefficient (Wildman–Crippen LogP) is 2.63. The van der Waals surface area contributed by atoms with Crippen molar-refractivity contribution in [3.63, 3.8) is 0 Å². The first-order valence-corrected chi connectivity index (χ1v) is 10.8. The van der Waals surface area contributed by atoms with E-state index in [1.54, 1.807) is 30.0 Å². The van der Waals surface area contributed by atoms with Gasteiger partial charge in [-0.1, -0.05) is 12.1 Å². The summed E-state index contributed by atoms with van der Waals surface area (Å²) in [5.41, 5.74) is 1.51. The number of hydrogen-bond donors (Lipinski definition) is 0. The number of ether oxygens (including phenoxy) is 1. The van der Waals surface area contributed by atoms with Crippen LogP contribution in [0.3, 0.4) is 0 Å². The van der Waals surface area contributed by atoms with Gasteiger partial charge >= 0.3 is 0 Å². The lowest BCUT2D eigenvalue weighted by molar-refractivity contribution is -0.129. The molecule has 6 nitrogen and oxygen atoms in total. The first-order chi connectivity index (χ1) is 12.4. The van der Waals surface area contributed by atoms with Gasteiger partial charge in [-0.2, -0.15) is 0 Å². The second-order valence-electron chi connectivity index (χ2n) is 6.64. The molecule has 0 bridgehead atoms. The molecule has 0 saturated carbocycles. The molecular weight excluding hydrogens is 372 g/mol. The number of thiophene rings is 1. The van der Waals surface area contributed by atoms with Gasteiger partial charge in [-0.05, 0) is 37.1 Å². The largest absolute Gasteiger partial charge is 0.487 e. The van der Waals surface area contributed by atoms with Crippen LogP contribution in [0.15, 0.2) is 34.5 Å². The van der Waals surface area contributed by atoms with E-state index in [9.17, 15) is 13.2 Å². The first kappa shape index (κ1) is 17.4. The summed E-state index contributed by atoms with van der Waals surface area (Å²) < 4.78 is 34.2. The van der Waals surface area contributed by atoms with Crippen LogP contribution < -0.4 is 9.04 Å². The van der Waals surface area contributed by atoms with Gasteiger partial charge in [0.25, 0.3) is 10.0 Å². The maximum Gasteiger partial charge on any atom is 0.274 e. The summed E-state index contributed by atoms with van der Waals surface area (Å²) in [6, 6.07) is 8.93. The SMILES string of the molecule is CC(=O)N1CCc2sc(S(=O)(=O)N3CC(C)Oc4ccccc43)cc2C1. The van der Waals surface area contributed by atoms with E-state index < -0.39 is 10.0 Å². The molecule has 0 saturated heterocycles. The fourth-order valence-corrected chi connectivity index (χ4v) is 6.60. The van der Waals surface area contributed by atoms with Crippen LogP contribution in [-0.4, -0.2) is 38.4 Å². The van der Waals surface area contributed by atoms with Crippen molar-refractivity contribution in [3.05, 3.63) is 40.8 Å². The van der Waals surface area contributed by atoms with Gasteiger partial charge in [-0.25, -0.2) is 8.42 Å². The molecule has 138 valence electrons. The van der Waals surface area contributed by atoms with Crippen molar-refractivity contribution in [2.45, 2.75) is 37.1 Å². The molecule has 1 atom stereocenters. The quantitative estimate of drug-likeness (QED) is 0.788. The van der Waals surface area contributed by atoms with Crippen molar-refractivity contribution in [2.24, 2.45) is 0 Å². The van der Waals surface area contributed by atoms with E-state index in [0.29, 0.717) is 35.2 Å². The van der Waals surface area contributed by atoms with Crippen molar-refractivity contribution in [2.75, 3.05) is 17.4 Å². The van der Waals surface area contributed by atoms with E-state index in [4.69, 9.17) is 4.74 Å². The zero-order chi connectivity index (χ0) is 18.5. The number of sulfonamides is 1. The number of para-hydroxylation sites is 2. The molecule has 0 spiro atoms. The number of benzene rings is 1. The second kappa shape index (κ2) is 6.28. The topological polar surface area (TPSA) is 66.9 Å². The Balaban J connectivity index is 1.72. The van der Waals surface area contributed by atoms with Crippen LogP contribution in [0.25, 0.3) is 0 Å². The third-order valence-electron chi connectivity index (χ3n) is 4.72. The minimum atomic E-state index is -3.67. The second-order valence-corrected chi connectivity index (χ2v) is 9.86. The van der Waals surface area contributed by atoms with Gasteiger partial charge in [0.05, 0.1) is 12.2 Å². The molecule has 26 heavy (non-hydrogen) atoms. The summed E-state index contributed by atoms with van der Waals surface area (Å²) in [6.45, 7) is 4.80. The lowest BCUT2D eigenvalue weighted by Crippen LogP contribution is -2.42. The molecule has 0 N–H and O–H groups in total. The Kier molecular flexibility index (Phi) is 4.19. The van der Waals surface area contributed by atoms with Gasteiger partial charge in [0.2, 0.25) is 5.91 Å². The third-order valence-corrected chi connectivity index (χ3v) is 8.18. The summed E-state index contributed by atoms with van der Waals surface area (Å²) in [4.78, 5) is 14.4. The maximum absolute atomic E-state index is 13.3. The van der Waals surface area contributed by atoms with Crippen LogP contribution in [0.5, 0.6) is 5.75 Å². The van der Waals surface area contributed by atoms with Gasteiger partial charge in [-0.15, -0.1) is 11.3 Å². The predicted molar refractivity (Wildman–Crippen MR) is 100 cm³/mol. The minimum Gasteiger partial charge on any atom is -0.487 e. The van der Waals surface area contributed by atoms with E-state index in [0.717, 1.165) is 10.4 Å². The monoisotopic (exact) mass is 392 g/mol. The Bertz CT molecular complexity index is 967. The summed E-state index contributed by atoms with van der Waals surface area (Å²) in [5.74, 6) is 0.598. The van der Waals surface area contributed by atoms with Gasteiger partial charge in [-0.3, -0.25) is 9.10 Å². The zero-order valence-corrected chi connectivity index (χ0v) is 16.3. The van der Waals surface area contributed by atoms with Crippen molar-refractivity contribution in [1.82, 2.24) is 4.90 Å². The molecule has 1 aromatic heterocycles. The third kappa shape index (κ3) is 2.87. The molecule has 1 aromatic carbocycles. The van der Waals surface area contributed by atoms with Crippen LogP contribution in [-0.2, 0) is 27.8 Å². The Morgan fingerprint density at radius 3 is 2.85 bits per heavy atom. The summed E-state index contributed by atoms with van der Waals surface area (Å²) in [7, 11) is -3.67. The van der Waals surface area contributed by atoms with Crippen molar-refractivity contribution >= 4 is 33.0 Å². The molecular formula is C18H20N2O4S2. The van der Waals surface area contributed by atoms with E-state index >= 15 is 0 Å². The lowest BCUT2D eigenvalue weighted by Gasteiger charge is -2.33. The van der Waals surface area contributed by atoms with Crippen molar-refractivity contribution < 1.29 is 17.9 Å². The highest BCUT2D eigenvalue weighted by molar-refractivity contribution is 7.94. The Hall–Kier alpha value is -2.06. The number of carbonyl (C=O) groups is 1. The van der Waals surface area contributed by atoms with E-state index in [2.05, 4.69) is 0 Å². The summed E-state index contributed by atoms with van der Waals surface area (Å²) in [6.07, 6.45) is 0.480. The number of rotatable bonds is 2. The molecule has 0 radical (unpaired) electrons. The molecule has 8 heteroatoms. The number of fused-ring (bicyclic) bond motifs is 2. The number of nitrogens with zero attached hydrogens (tertiary/aromatic N) is 2. The van der Waals surface area contributed by atoms with E-state index in [-0.39, 0.29) is 18.6 Å². The smallest absolute Gasteiger partial charge is 0.274 e. The highest BCUT2D eigenvalue weighted by Gasteiger charge is 2.35. The molecule has 2 aliphatic rings. The minimum absolute atomic E-state index is 0.0159. The number of anilines is 1. The fraction of sp³-hybridized carbons (Fsp3) is 0.389. The maximum atomic E-state index is 13.3. The molecule has 0 aliphatic carbocycles. The lowest BCUT2D eigenvalue weighted by atomic mass is 10.1. The van der Waals surface area contributed by atoms with Gasteiger partial charge in [0, 0.05) is 24.9 Å². The molecule has 2 aliphatic heterocycles. The van der Waals surface area contributed by atoms with Crippen molar-refractivity contribution in [1.29, 1.82) is 0 Å². The first-order valence-electron chi connectivity index (χ1n) is 8.52. The van der Waals surface area contributed by atoms with Crippen LogP contribution >= 0.6 is 11.3 Å². The number of carbonyl (C=O) groups excluding carboxylic acids is 1. The summed E-state index contributed by atoms with van der Waals surface area (Å²) in [5, 5.41) is 0. The van der Waals surface area contributed by atoms with Crippen LogP contribution in [0.4, 0.5) is 5.69 Å². The number of amides is 1. The summed E-state index contributed by atoms with van der Waals surface area (Å²) >= 11 is 1.32. The number of hydrogen-bond acceptors (Lipinski definition) is 5. The van der Waals surface area contributed by atoms with Crippen LogP contribution in [0, 0.1) is 0 Å². The standard InChI is InChI=1S/C18H20N2O4S2/c1-12-10-20(15-5-3-4-6-16(15)24-12)26(22,23)18-9-14-11-19(13(2)21)8-7-17(14)25-18/h3-6,9,12H,7-8,10-11H2,1-2H3. The molecule has 0 fully saturated rings. The van der Waals surface area contributed by atoms with Gasteiger partial charge in [0.15, 0.2) is 0 Å².